The van der Waals surface area contributed by atoms with Crippen molar-refractivity contribution in [2.75, 3.05) is 0 Å². The van der Waals surface area contributed by atoms with Gasteiger partial charge in [-0.2, -0.15) is 17.7 Å². The molecule has 0 aliphatic rings. The molecule has 0 bridgehead atoms. The van der Waals surface area contributed by atoms with Gasteiger partial charge in [-0.3, -0.25) is 4.79 Å². The maximum Gasteiger partial charge on any atom is 0.416 e. The van der Waals surface area contributed by atoms with Crippen molar-refractivity contribution in [1.29, 1.82) is 0 Å². The fourth-order valence-electron chi connectivity index (χ4n) is 3.29. The minimum atomic E-state index is -4.44. The first kappa shape index (κ1) is 20.2. The number of halogens is 3. The Balaban J connectivity index is 1.44. The summed E-state index contributed by atoms with van der Waals surface area (Å²) in [5, 5.41) is 4.30. The number of rotatable bonds is 4. The smallest absolute Gasteiger partial charge is 0.416 e. The molecule has 160 valence electrons. The molecule has 0 fully saturated rings. The number of hydrogen-bond donors (Lipinski definition) is 0. The molecule has 5 nitrogen and oxygen atoms in total. The van der Waals surface area contributed by atoms with E-state index >= 15 is 0 Å². The lowest BCUT2D eigenvalue weighted by Gasteiger charge is -2.07. The second kappa shape index (κ2) is 7.76. The van der Waals surface area contributed by atoms with Crippen LogP contribution < -0.4 is 10.1 Å². The van der Waals surface area contributed by atoms with E-state index < -0.39 is 11.7 Å². The summed E-state index contributed by atoms with van der Waals surface area (Å²) in [6.45, 7) is 0. The van der Waals surface area contributed by atoms with Crippen molar-refractivity contribution in [3.8, 4) is 11.3 Å². The molecule has 0 unspecified atom stereocenters. The van der Waals surface area contributed by atoms with Crippen LogP contribution in [-0.2, 0) is 12.6 Å². The average Bonchev–Trinajstić information content (AvgIpc) is 3.46. The Bertz CT molecular complexity index is 1520. The average molecular weight is 453 g/mol. The molecule has 0 atom stereocenters. The molecule has 5 aromatic rings. The van der Waals surface area contributed by atoms with Gasteiger partial charge in [0, 0.05) is 18.1 Å². The quantitative estimate of drug-likeness (QED) is 0.400. The van der Waals surface area contributed by atoms with Crippen LogP contribution in [0, 0.1) is 0 Å². The number of alkyl halides is 3. The Morgan fingerprint density at radius 1 is 1.03 bits per heavy atom. The van der Waals surface area contributed by atoms with E-state index in [9.17, 15) is 18.0 Å². The number of nitrogens with zero attached hydrogens (tertiary/aromatic N) is 3. The lowest BCUT2D eigenvalue weighted by Crippen LogP contribution is -2.23. The summed E-state index contributed by atoms with van der Waals surface area (Å²) in [5.41, 5.74) is 0.266. The Morgan fingerprint density at radius 2 is 1.84 bits per heavy atom. The van der Waals surface area contributed by atoms with Gasteiger partial charge in [-0.15, -0.1) is 5.10 Å². The number of fused-ring (bicyclic) bond motifs is 1. The zero-order valence-corrected chi connectivity index (χ0v) is 17.2. The van der Waals surface area contributed by atoms with Gasteiger partial charge in [0.25, 0.3) is 5.56 Å². The van der Waals surface area contributed by atoms with E-state index in [1.54, 1.807) is 12.1 Å². The molecule has 0 radical (unpaired) electrons. The molecule has 5 rings (SSSR count). The minimum absolute atomic E-state index is 0.277. The summed E-state index contributed by atoms with van der Waals surface area (Å²) in [6.07, 6.45) is -2.38. The van der Waals surface area contributed by atoms with Gasteiger partial charge in [0.2, 0.25) is 4.96 Å². The van der Waals surface area contributed by atoms with E-state index in [0.717, 1.165) is 17.7 Å². The highest BCUT2D eigenvalue weighted by molar-refractivity contribution is 7.15. The van der Waals surface area contributed by atoms with E-state index in [-0.39, 0.29) is 11.3 Å². The van der Waals surface area contributed by atoms with E-state index in [1.807, 2.05) is 30.3 Å². The van der Waals surface area contributed by atoms with Crippen molar-refractivity contribution >= 4 is 22.4 Å². The molecule has 32 heavy (non-hydrogen) atoms. The van der Waals surface area contributed by atoms with E-state index in [2.05, 4.69) is 10.1 Å². The van der Waals surface area contributed by atoms with Gasteiger partial charge in [0.15, 0.2) is 5.82 Å². The number of benzene rings is 2. The van der Waals surface area contributed by atoms with Gasteiger partial charge in [0.1, 0.15) is 16.1 Å². The zero-order valence-electron chi connectivity index (χ0n) is 16.3. The normalized spacial score (nSPS) is 12.7. The van der Waals surface area contributed by atoms with Crippen LogP contribution in [0.2, 0.25) is 0 Å². The maximum atomic E-state index is 13.0. The summed E-state index contributed by atoms with van der Waals surface area (Å²) in [6, 6.07) is 17.8. The van der Waals surface area contributed by atoms with Gasteiger partial charge < -0.3 is 4.42 Å². The zero-order chi connectivity index (χ0) is 22.3. The van der Waals surface area contributed by atoms with Crippen LogP contribution in [0.4, 0.5) is 13.2 Å². The molecule has 0 saturated heterocycles. The van der Waals surface area contributed by atoms with Crippen LogP contribution in [0.15, 0.2) is 75.9 Å². The van der Waals surface area contributed by atoms with Gasteiger partial charge in [0.05, 0.1) is 5.56 Å². The number of furan rings is 1. The predicted molar refractivity (Wildman–Crippen MR) is 114 cm³/mol. The third kappa shape index (κ3) is 3.94. The maximum absolute atomic E-state index is 13.0. The van der Waals surface area contributed by atoms with Crippen molar-refractivity contribution in [3.05, 3.63) is 104 Å². The SMILES string of the molecule is O=c1/c(=C/c2ccc(-c3cccc(C(F)(F)F)c3)o2)sc2nc(Cc3ccccc3)nn12. The predicted octanol–water partition coefficient (Wildman–Crippen LogP) is 4.57. The molecule has 0 spiro atoms. The molecule has 0 amide bonds. The lowest BCUT2D eigenvalue weighted by atomic mass is 10.1. The third-order valence-corrected chi connectivity index (χ3v) is 5.76. The summed E-state index contributed by atoms with van der Waals surface area (Å²) < 4.78 is 46.2. The Kier molecular flexibility index (Phi) is 4.90. The van der Waals surface area contributed by atoms with E-state index in [4.69, 9.17) is 4.42 Å². The van der Waals surface area contributed by atoms with Crippen LogP contribution in [-0.4, -0.2) is 14.6 Å². The molecule has 0 N–H and O–H groups in total. The first-order valence-electron chi connectivity index (χ1n) is 9.58. The second-order valence-electron chi connectivity index (χ2n) is 7.08. The highest BCUT2D eigenvalue weighted by Crippen LogP contribution is 2.32. The molecule has 9 heteroatoms. The molecule has 2 aromatic carbocycles. The van der Waals surface area contributed by atoms with E-state index in [0.29, 0.717) is 33.1 Å². The van der Waals surface area contributed by atoms with Crippen molar-refractivity contribution < 1.29 is 17.6 Å². The number of hydrogen-bond acceptors (Lipinski definition) is 5. The molecule has 3 heterocycles. The number of aromatic nitrogens is 3. The van der Waals surface area contributed by atoms with Crippen molar-refractivity contribution in [2.24, 2.45) is 0 Å². The molecule has 0 aliphatic heterocycles. The highest BCUT2D eigenvalue weighted by atomic mass is 32.1. The van der Waals surface area contributed by atoms with Crippen LogP contribution >= 0.6 is 11.3 Å². The molecule has 0 aliphatic carbocycles. The van der Waals surface area contributed by atoms with Crippen molar-refractivity contribution in [2.45, 2.75) is 12.6 Å². The molecule has 3 aromatic heterocycles. The Morgan fingerprint density at radius 3 is 2.59 bits per heavy atom. The molecular weight excluding hydrogens is 439 g/mol. The van der Waals surface area contributed by atoms with Crippen LogP contribution in [0.25, 0.3) is 22.4 Å². The largest absolute Gasteiger partial charge is 0.457 e. The topological polar surface area (TPSA) is 60.4 Å². The Hall–Kier alpha value is -3.72. The first-order chi connectivity index (χ1) is 15.4. The lowest BCUT2D eigenvalue weighted by molar-refractivity contribution is -0.137. The third-order valence-electron chi connectivity index (χ3n) is 4.81. The van der Waals surface area contributed by atoms with Crippen molar-refractivity contribution in [1.82, 2.24) is 14.6 Å². The van der Waals surface area contributed by atoms with Gasteiger partial charge in [-0.25, -0.2) is 4.98 Å². The summed E-state index contributed by atoms with van der Waals surface area (Å²) >= 11 is 1.17. The van der Waals surface area contributed by atoms with Crippen LogP contribution in [0.1, 0.15) is 22.7 Å². The van der Waals surface area contributed by atoms with E-state index in [1.165, 1.54) is 34.1 Å². The highest BCUT2D eigenvalue weighted by Gasteiger charge is 2.30. The standard InChI is InChI=1S/C23H14F3N3O2S/c24-23(25,26)16-8-4-7-15(12-16)18-10-9-17(31-18)13-19-21(30)29-22(32-19)27-20(28-29)11-14-5-2-1-3-6-14/h1-10,12-13H,11H2/b19-13-. The first-order valence-corrected chi connectivity index (χ1v) is 10.4. The van der Waals surface area contributed by atoms with Crippen LogP contribution in [0.3, 0.4) is 0 Å². The summed E-state index contributed by atoms with van der Waals surface area (Å²) in [7, 11) is 0. The summed E-state index contributed by atoms with van der Waals surface area (Å²) in [4.78, 5) is 17.6. The Labute approximate surface area is 183 Å². The second-order valence-corrected chi connectivity index (χ2v) is 8.09. The molecular formula is C23H14F3N3O2S. The fourth-order valence-corrected chi connectivity index (χ4v) is 4.20. The van der Waals surface area contributed by atoms with Crippen LogP contribution in [0.5, 0.6) is 0 Å². The monoisotopic (exact) mass is 453 g/mol. The van der Waals surface area contributed by atoms with Gasteiger partial charge >= 0.3 is 6.18 Å². The van der Waals surface area contributed by atoms with Gasteiger partial charge in [-0.1, -0.05) is 53.8 Å². The fraction of sp³-hybridized carbons (Fsp3) is 0.0870. The molecule has 0 saturated carbocycles. The van der Waals surface area contributed by atoms with Gasteiger partial charge in [-0.05, 0) is 29.8 Å². The van der Waals surface area contributed by atoms with Crippen molar-refractivity contribution in [3.63, 3.8) is 0 Å². The number of thiazole rings is 1. The minimum Gasteiger partial charge on any atom is -0.457 e. The summed E-state index contributed by atoms with van der Waals surface area (Å²) in [5.74, 6) is 1.18.